The van der Waals surface area contributed by atoms with Crippen molar-refractivity contribution in [3.63, 3.8) is 0 Å². The van der Waals surface area contributed by atoms with Crippen molar-refractivity contribution in [2.24, 2.45) is 9.98 Å². The zero-order valence-electron chi connectivity index (χ0n) is 37.4. The number of benzene rings is 4. The van der Waals surface area contributed by atoms with Gasteiger partial charge in [-0.25, -0.2) is 9.98 Å². The Bertz CT molecular complexity index is 2630. The van der Waals surface area contributed by atoms with Gasteiger partial charge in [0.15, 0.2) is 11.8 Å². The number of rotatable bonds is 22. The Morgan fingerprint density at radius 1 is 0.448 bits per heavy atom. The van der Waals surface area contributed by atoms with Gasteiger partial charge in [0.25, 0.3) is 11.8 Å². The molecule has 8 rings (SSSR count). The van der Waals surface area contributed by atoms with Crippen LogP contribution in [0.4, 0.5) is 0 Å². The van der Waals surface area contributed by atoms with Gasteiger partial charge in [-0.05, 0) is 71.8 Å². The largest absolute Gasteiger partial charge is 0.494 e. The summed E-state index contributed by atoms with van der Waals surface area (Å²) in [5.41, 5.74) is 6.75. The Hall–Kier alpha value is -5.06. The van der Waals surface area contributed by atoms with Gasteiger partial charge < -0.3 is 20.2 Å². The number of fused-ring (bicyclic) bond motifs is 2. The van der Waals surface area contributed by atoms with Crippen molar-refractivity contribution in [2.45, 2.75) is 122 Å². The van der Waals surface area contributed by atoms with Gasteiger partial charge in [0.2, 0.25) is 0 Å². The second-order valence-electron chi connectivity index (χ2n) is 16.9. The molecule has 0 saturated carbocycles. The number of hydrogen-bond donors (Lipinski definition) is 4. The first-order chi connectivity index (χ1) is 32.1. The summed E-state index contributed by atoms with van der Waals surface area (Å²) in [6.07, 6.45) is 22.2. The van der Waals surface area contributed by atoms with Gasteiger partial charge in [0, 0.05) is 31.1 Å². The van der Waals surface area contributed by atoms with Crippen molar-refractivity contribution < 1.29 is 19.8 Å². The Kier molecular flexibility index (Phi) is 19.4. The van der Waals surface area contributed by atoms with Gasteiger partial charge in [-0.15, -0.1) is 11.8 Å². The first-order valence-electron chi connectivity index (χ1n) is 23.3. The highest BCUT2D eigenvalue weighted by Gasteiger charge is 2.34. The van der Waals surface area contributed by atoms with Crippen LogP contribution in [0.2, 0.25) is 15.1 Å². The summed E-state index contributed by atoms with van der Waals surface area (Å²) in [5.74, 6) is 0.253. The lowest BCUT2D eigenvalue weighted by Crippen LogP contribution is -1.99. The molecule has 4 aromatic carbocycles. The summed E-state index contributed by atoms with van der Waals surface area (Å²) in [7, 11) is 0. The van der Waals surface area contributed by atoms with E-state index < -0.39 is 5.91 Å². The van der Waals surface area contributed by atoms with Crippen LogP contribution in [-0.4, -0.2) is 49.2 Å². The highest BCUT2D eigenvalue weighted by molar-refractivity contribution is 7.99. The first kappa shape index (κ1) is 51.3. The molecule has 4 heterocycles. The number of thioether (sulfide) groups is 1. The Labute approximate surface area is 414 Å². The van der Waals surface area contributed by atoms with Gasteiger partial charge in [-0.2, -0.15) is 0 Å². The monoisotopic (exact) mass is 978 g/mol. The summed E-state index contributed by atoms with van der Waals surface area (Å²) >= 11 is 19.7. The number of nitrogens with zero attached hydrogens (tertiary/aromatic N) is 2. The van der Waals surface area contributed by atoms with Crippen molar-refractivity contribution in [2.75, 3.05) is 5.75 Å². The van der Waals surface area contributed by atoms with E-state index in [1.165, 1.54) is 108 Å². The number of nitrogens with one attached hydrogen (secondary N) is 2. The second kappa shape index (κ2) is 25.3. The van der Waals surface area contributed by atoms with Crippen LogP contribution in [0.25, 0.3) is 22.5 Å². The average Bonchev–Trinajstić information content (AvgIpc) is 4.07. The molecule has 8 nitrogen and oxygen atoms in total. The fraction of sp³-hybridized carbons (Fsp3) is 0.345. The smallest absolute Gasteiger partial charge is 0.280 e. The molecule has 0 spiro atoms. The number of aromatic amines is 2. The topological polar surface area (TPSA) is 131 Å². The van der Waals surface area contributed by atoms with E-state index >= 15 is 0 Å². The van der Waals surface area contributed by atoms with E-state index in [9.17, 15) is 19.8 Å². The number of H-pyrrole nitrogens is 2. The van der Waals surface area contributed by atoms with Crippen molar-refractivity contribution >= 4 is 69.8 Å². The first-order valence-corrected chi connectivity index (χ1v) is 25.4. The molecule has 0 aliphatic carbocycles. The van der Waals surface area contributed by atoms with Crippen LogP contribution in [0.1, 0.15) is 160 Å². The Morgan fingerprint density at radius 3 is 1.12 bits per heavy atom. The highest BCUT2D eigenvalue weighted by Crippen LogP contribution is 2.40. The Morgan fingerprint density at radius 2 is 0.761 bits per heavy atom. The zero-order chi connectivity index (χ0) is 46.4. The molecule has 0 bridgehead atoms. The summed E-state index contributed by atoms with van der Waals surface area (Å²) in [4.78, 5) is 40.7. The number of halogens is 3. The molecule has 2 aromatic heterocycles. The van der Waals surface area contributed by atoms with E-state index in [1.807, 2.05) is 23.9 Å². The minimum atomic E-state index is -0.392. The fourth-order valence-corrected chi connectivity index (χ4v) is 9.82. The molecule has 352 valence electrons. The third kappa shape index (κ3) is 13.3. The van der Waals surface area contributed by atoms with Gasteiger partial charge in [0.1, 0.15) is 0 Å². The summed E-state index contributed by atoms with van der Waals surface area (Å²) in [6, 6.07) is 29.3. The van der Waals surface area contributed by atoms with Gasteiger partial charge in [-0.3, -0.25) is 9.59 Å². The minimum Gasteiger partial charge on any atom is -0.494 e. The van der Waals surface area contributed by atoms with E-state index in [0.29, 0.717) is 65.7 Å². The van der Waals surface area contributed by atoms with E-state index in [4.69, 9.17) is 34.8 Å². The van der Waals surface area contributed by atoms with Crippen molar-refractivity contribution in [3.05, 3.63) is 146 Å². The molecule has 2 aliphatic rings. The average molecular weight is 981 g/mol. The van der Waals surface area contributed by atoms with Crippen LogP contribution in [0.5, 0.6) is 11.8 Å². The van der Waals surface area contributed by atoms with E-state index in [-0.39, 0.29) is 25.1 Å². The lowest BCUT2D eigenvalue weighted by molar-refractivity contribution is 0.0998. The lowest BCUT2D eigenvalue weighted by Gasteiger charge is -2.05. The number of aromatic nitrogens is 2. The standard InChI is InChI=1S/C36H47ClN2O2S.C18H10Cl2N2O2.CH4/c1-2-3-4-5-6-7-8-9-10-11-12-13-14-15-16-17-26-42-30-24-20-28(21-25-30)34-32-31(35(40)39-34)33(38-36(32)41)27-18-22-29(37)23-19-27;19-11-5-1-9(2-6-11)15-13-14(18(24)21-15)16(22-17(13)23)10-3-7-12(20)8-4-10;/h18-25,39-40H,2-17,26H2,1H3;1-8,21,24H;1H4. The molecule has 12 heteroatoms. The van der Waals surface area contributed by atoms with Crippen LogP contribution in [0.3, 0.4) is 0 Å². The molecule has 2 aliphatic heterocycles. The van der Waals surface area contributed by atoms with Crippen LogP contribution in [0, 0.1) is 0 Å². The Balaban J connectivity index is 0.000000250. The molecule has 0 fully saturated rings. The predicted octanol–water partition coefficient (Wildman–Crippen LogP) is 16.7. The van der Waals surface area contributed by atoms with Crippen molar-refractivity contribution in [1.29, 1.82) is 0 Å². The SMILES string of the molecule is C.CCCCCCCCCCCCCCCCCCSc1ccc(-c2[nH]c(O)c3c2C(=O)N=C3c2ccc(Cl)cc2)cc1.O=C1N=C(c2ccc(Cl)cc2)c2c(O)[nH]c(-c3ccc(Cl)cc3)c21. The molecule has 0 unspecified atom stereocenters. The number of amides is 2. The number of carbonyl (C=O) groups excluding carboxylic acids is 2. The minimum absolute atomic E-state index is 0. The number of unbranched alkanes of at least 4 members (excludes halogenated alkanes) is 15. The lowest BCUT2D eigenvalue weighted by atomic mass is 10.0. The number of carbonyl (C=O) groups is 2. The van der Waals surface area contributed by atoms with Gasteiger partial charge >= 0.3 is 0 Å². The molecular formula is C55H61Cl3N4O4S. The third-order valence-electron chi connectivity index (χ3n) is 12.1. The molecule has 0 saturated heterocycles. The fourth-order valence-electron chi connectivity index (χ4n) is 8.53. The van der Waals surface area contributed by atoms with Crippen molar-refractivity contribution in [3.8, 4) is 34.3 Å². The summed E-state index contributed by atoms with van der Waals surface area (Å²) in [6.45, 7) is 2.28. The molecule has 0 atom stereocenters. The van der Waals surface area contributed by atoms with Crippen LogP contribution in [-0.2, 0) is 0 Å². The zero-order valence-corrected chi connectivity index (χ0v) is 40.5. The molecule has 6 aromatic rings. The third-order valence-corrected chi connectivity index (χ3v) is 13.9. The maximum Gasteiger partial charge on any atom is 0.280 e. The van der Waals surface area contributed by atoms with Crippen LogP contribution in [0.15, 0.2) is 112 Å². The van der Waals surface area contributed by atoms with Crippen LogP contribution >= 0.6 is 46.6 Å². The normalized spacial score (nSPS) is 12.6. The number of aliphatic imine (C=N–C) groups is 2. The summed E-state index contributed by atoms with van der Waals surface area (Å²) in [5, 5.41) is 22.8. The second-order valence-corrected chi connectivity index (χ2v) is 19.4. The molecule has 4 N–H and O–H groups in total. The van der Waals surface area contributed by atoms with E-state index in [0.717, 1.165) is 22.4 Å². The quantitative estimate of drug-likeness (QED) is 0.0397. The summed E-state index contributed by atoms with van der Waals surface area (Å²) < 4.78 is 0. The number of hydrogen-bond acceptors (Lipinski definition) is 5. The molecule has 0 radical (unpaired) electrons. The number of aromatic hydroxyl groups is 2. The predicted molar refractivity (Wildman–Crippen MR) is 281 cm³/mol. The van der Waals surface area contributed by atoms with E-state index in [2.05, 4.69) is 39.0 Å². The van der Waals surface area contributed by atoms with E-state index in [1.54, 1.807) is 72.8 Å². The molecular weight excluding hydrogens is 919 g/mol. The molecule has 2 amide bonds. The van der Waals surface area contributed by atoms with Gasteiger partial charge in [0.05, 0.1) is 45.1 Å². The molecule has 67 heavy (non-hydrogen) atoms. The highest BCUT2D eigenvalue weighted by atomic mass is 35.5. The maximum atomic E-state index is 12.8. The maximum absolute atomic E-state index is 12.8. The van der Waals surface area contributed by atoms with Gasteiger partial charge in [-0.1, -0.05) is 194 Å². The van der Waals surface area contributed by atoms with Crippen molar-refractivity contribution in [1.82, 2.24) is 9.97 Å². The van der Waals surface area contributed by atoms with Crippen LogP contribution < -0.4 is 0 Å².